The summed E-state index contributed by atoms with van der Waals surface area (Å²) in [6.45, 7) is 5.74. The monoisotopic (exact) mass is 408 g/mol. The van der Waals surface area contributed by atoms with Crippen LogP contribution in [0.25, 0.3) is 0 Å². The molecule has 0 unspecified atom stereocenters. The smallest absolute Gasteiger partial charge is 0.191 e. The first-order valence-electron chi connectivity index (χ1n) is 9.02. The SMILES string of the molecule is CCc1nc(CCNC(=NC)NCCc2ccc(S(C)(=O)=O)cc2)sc1C. The van der Waals surface area contributed by atoms with Gasteiger partial charge >= 0.3 is 0 Å². The molecule has 0 atom stereocenters. The highest BCUT2D eigenvalue weighted by Gasteiger charge is 2.07. The van der Waals surface area contributed by atoms with Crippen molar-refractivity contribution in [1.29, 1.82) is 0 Å². The van der Waals surface area contributed by atoms with Crippen molar-refractivity contribution >= 4 is 27.1 Å². The van der Waals surface area contributed by atoms with E-state index in [9.17, 15) is 8.42 Å². The van der Waals surface area contributed by atoms with Crippen LogP contribution in [0.3, 0.4) is 0 Å². The van der Waals surface area contributed by atoms with Crippen molar-refractivity contribution in [3.63, 3.8) is 0 Å². The number of aromatic nitrogens is 1. The molecule has 0 fully saturated rings. The first-order chi connectivity index (χ1) is 12.8. The quantitative estimate of drug-likeness (QED) is 0.518. The van der Waals surface area contributed by atoms with Crippen molar-refractivity contribution in [3.8, 4) is 0 Å². The first kappa shape index (κ1) is 21.4. The van der Waals surface area contributed by atoms with E-state index in [4.69, 9.17) is 0 Å². The highest BCUT2D eigenvalue weighted by molar-refractivity contribution is 7.90. The fourth-order valence-corrected chi connectivity index (χ4v) is 4.31. The zero-order valence-corrected chi connectivity index (χ0v) is 18.0. The molecule has 0 aliphatic rings. The number of aliphatic imine (C=N–C) groups is 1. The van der Waals surface area contributed by atoms with Crippen LogP contribution in [0.4, 0.5) is 0 Å². The van der Waals surface area contributed by atoms with Crippen LogP contribution in [-0.2, 0) is 29.1 Å². The minimum absolute atomic E-state index is 0.348. The molecule has 2 aromatic rings. The molecule has 27 heavy (non-hydrogen) atoms. The molecule has 2 N–H and O–H groups in total. The third-order valence-electron chi connectivity index (χ3n) is 4.18. The maximum atomic E-state index is 11.5. The zero-order chi connectivity index (χ0) is 19.9. The molecule has 0 bridgehead atoms. The molecule has 6 nitrogen and oxygen atoms in total. The molecular weight excluding hydrogens is 380 g/mol. The van der Waals surface area contributed by atoms with E-state index in [1.165, 1.54) is 16.8 Å². The highest BCUT2D eigenvalue weighted by Crippen LogP contribution is 2.17. The van der Waals surface area contributed by atoms with Crippen molar-refractivity contribution in [1.82, 2.24) is 15.6 Å². The molecule has 2 rings (SSSR count). The average Bonchev–Trinajstić information content (AvgIpc) is 2.99. The summed E-state index contributed by atoms with van der Waals surface area (Å²) in [5.74, 6) is 0.756. The van der Waals surface area contributed by atoms with E-state index in [2.05, 4.69) is 34.5 Å². The van der Waals surface area contributed by atoms with Gasteiger partial charge in [0.05, 0.1) is 15.6 Å². The molecule has 1 heterocycles. The van der Waals surface area contributed by atoms with Gasteiger partial charge < -0.3 is 10.6 Å². The number of thiazole rings is 1. The number of benzene rings is 1. The van der Waals surface area contributed by atoms with E-state index in [1.807, 2.05) is 12.1 Å². The lowest BCUT2D eigenvalue weighted by Crippen LogP contribution is -2.39. The Balaban J connectivity index is 1.75. The Bertz CT molecular complexity index is 872. The molecule has 1 aromatic carbocycles. The molecule has 0 radical (unpaired) electrons. The van der Waals surface area contributed by atoms with E-state index in [0.29, 0.717) is 11.4 Å². The summed E-state index contributed by atoms with van der Waals surface area (Å²) in [4.78, 5) is 10.5. The van der Waals surface area contributed by atoms with E-state index >= 15 is 0 Å². The van der Waals surface area contributed by atoms with Crippen LogP contribution >= 0.6 is 11.3 Å². The van der Waals surface area contributed by atoms with Crippen LogP contribution < -0.4 is 10.6 Å². The third kappa shape index (κ3) is 6.62. The zero-order valence-electron chi connectivity index (χ0n) is 16.4. The van der Waals surface area contributed by atoms with Crippen molar-refractivity contribution in [2.75, 3.05) is 26.4 Å². The second-order valence-electron chi connectivity index (χ2n) is 6.31. The van der Waals surface area contributed by atoms with Crippen LogP contribution in [-0.4, -0.2) is 45.8 Å². The fraction of sp³-hybridized carbons (Fsp3) is 0.474. The number of hydrogen-bond acceptors (Lipinski definition) is 5. The topological polar surface area (TPSA) is 83.4 Å². The second-order valence-corrected chi connectivity index (χ2v) is 9.61. The van der Waals surface area contributed by atoms with Gasteiger partial charge in [-0.3, -0.25) is 4.99 Å². The summed E-state index contributed by atoms with van der Waals surface area (Å²) >= 11 is 1.76. The largest absolute Gasteiger partial charge is 0.356 e. The molecule has 0 aliphatic heterocycles. The predicted molar refractivity (Wildman–Crippen MR) is 113 cm³/mol. The van der Waals surface area contributed by atoms with Gasteiger partial charge in [0.2, 0.25) is 0 Å². The number of nitrogens with zero attached hydrogens (tertiary/aromatic N) is 2. The van der Waals surface area contributed by atoms with Crippen LogP contribution in [0.1, 0.15) is 28.1 Å². The molecular formula is C19H28N4O2S2. The van der Waals surface area contributed by atoms with E-state index < -0.39 is 9.84 Å². The minimum Gasteiger partial charge on any atom is -0.356 e. The Hall–Kier alpha value is -1.93. The normalized spacial score (nSPS) is 12.2. The third-order valence-corrected chi connectivity index (χ3v) is 6.39. The number of hydrogen-bond donors (Lipinski definition) is 2. The van der Waals surface area contributed by atoms with Gasteiger partial charge in [0.15, 0.2) is 15.8 Å². The first-order valence-corrected chi connectivity index (χ1v) is 11.7. The van der Waals surface area contributed by atoms with Gasteiger partial charge in [-0.25, -0.2) is 13.4 Å². The second kappa shape index (κ2) is 9.85. The van der Waals surface area contributed by atoms with Crippen molar-refractivity contribution < 1.29 is 8.42 Å². The van der Waals surface area contributed by atoms with Gasteiger partial charge in [-0.1, -0.05) is 19.1 Å². The van der Waals surface area contributed by atoms with E-state index in [-0.39, 0.29) is 0 Å². The summed E-state index contributed by atoms with van der Waals surface area (Å²) < 4.78 is 23.0. The molecule has 1 aromatic heterocycles. The summed E-state index contributed by atoms with van der Waals surface area (Å²) in [7, 11) is -1.39. The number of sulfone groups is 1. The van der Waals surface area contributed by atoms with Crippen LogP contribution in [0.2, 0.25) is 0 Å². The van der Waals surface area contributed by atoms with Gasteiger partial charge in [0.25, 0.3) is 0 Å². The Kier molecular flexibility index (Phi) is 7.79. The van der Waals surface area contributed by atoms with E-state index in [0.717, 1.165) is 42.3 Å². The molecule has 0 amide bonds. The number of aryl methyl sites for hydroxylation is 2. The van der Waals surface area contributed by atoms with Gasteiger partial charge in [-0.15, -0.1) is 11.3 Å². The number of rotatable bonds is 8. The van der Waals surface area contributed by atoms with E-state index in [1.54, 1.807) is 30.5 Å². The molecule has 8 heteroatoms. The summed E-state index contributed by atoms with van der Waals surface area (Å²) in [6.07, 6.45) is 3.86. The van der Waals surface area contributed by atoms with Gasteiger partial charge in [-0.2, -0.15) is 0 Å². The Morgan fingerprint density at radius 2 is 1.78 bits per heavy atom. The Morgan fingerprint density at radius 3 is 2.30 bits per heavy atom. The van der Waals surface area contributed by atoms with Crippen LogP contribution in [0.15, 0.2) is 34.2 Å². The summed E-state index contributed by atoms with van der Waals surface area (Å²) in [5, 5.41) is 7.74. The lowest BCUT2D eigenvalue weighted by molar-refractivity contribution is 0.602. The lowest BCUT2D eigenvalue weighted by Gasteiger charge is -2.11. The van der Waals surface area contributed by atoms with Gasteiger partial charge in [0.1, 0.15) is 0 Å². The summed E-state index contributed by atoms with van der Waals surface area (Å²) in [6, 6.07) is 7.01. The minimum atomic E-state index is -3.14. The maximum absolute atomic E-state index is 11.5. The van der Waals surface area contributed by atoms with Crippen molar-refractivity contribution in [2.45, 2.75) is 38.0 Å². The Morgan fingerprint density at radius 1 is 1.15 bits per heavy atom. The standard InChI is InChI=1S/C19H28N4O2S2/c1-5-17-14(2)26-18(23-17)11-13-22-19(20-3)21-12-10-15-6-8-16(9-7-15)27(4,24)25/h6-9H,5,10-13H2,1-4H3,(H2,20,21,22). The lowest BCUT2D eigenvalue weighted by atomic mass is 10.1. The molecule has 0 spiro atoms. The fourth-order valence-electron chi connectivity index (χ4n) is 2.66. The Labute approximate surface area is 166 Å². The maximum Gasteiger partial charge on any atom is 0.191 e. The van der Waals surface area contributed by atoms with Gasteiger partial charge in [0, 0.05) is 37.7 Å². The number of nitrogens with one attached hydrogen (secondary N) is 2. The van der Waals surface area contributed by atoms with Crippen molar-refractivity contribution in [3.05, 3.63) is 45.4 Å². The van der Waals surface area contributed by atoms with Crippen molar-refractivity contribution in [2.24, 2.45) is 4.99 Å². The molecule has 0 saturated heterocycles. The highest BCUT2D eigenvalue weighted by atomic mass is 32.2. The summed E-state index contributed by atoms with van der Waals surface area (Å²) in [5.41, 5.74) is 2.27. The van der Waals surface area contributed by atoms with Crippen LogP contribution in [0, 0.1) is 6.92 Å². The average molecular weight is 409 g/mol. The predicted octanol–water partition coefficient (Wildman–Crippen LogP) is 2.37. The molecule has 148 valence electrons. The number of guanidine groups is 1. The molecule has 0 aliphatic carbocycles. The van der Waals surface area contributed by atoms with Gasteiger partial charge in [-0.05, 0) is 37.5 Å². The van der Waals surface area contributed by atoms with Crippen LogP contribution in [0.5, 0.6) is 0 Å². The molecule has 0 saturated carbocycles.